The van der Waals surface area contributed by atoms with Crippen LogP contribution < -0.4 is 5.73 Å². The molecule has 0 bridgehead atoms. The molecule has 118 valence electrons. The molecule has 3 N–H and O–H groups in total. The van der Waals surface area contributed by atoms with E-state index in [1.54, 1.807) is 0 Å². The van der Waals surface area contributed by atoms with Crippen molar-refractivity contribution < 1.29 is 19.4 Å². The van der Waals surface area contributed by atoms with E-state index in [0.717, 1.165) is 23.1 Å². The molecule has 1 atom stereocenters. The first-order valence-corrected chi connectivity index (χ1v) is 7.39. The van der Waals surface area contributed by atoms with Gasteiger partial charge in [-0.15, -0.1) is 0 Å². The second-order valence-corrected chi connectivity index (χ2v) is 5.59. The van der Waals surface area contributed by atoms with Gasteiger partial charge in [-0.3, -0.25) is 9.59 Å². The molecule has 0 saturated heterocycles. The Morgan fingerprint density at radius 3 is 2.65 bits per heavy atom. The fraction of sp³-hybridized carbons (Fsp3) is 0.222. The van der Waals surface area contributed by atoms with E-state index in [0.29, 0.717) is 0 Å². The van der Waals surface area contributed by atoms with Crippen LogP contribution in [0.25, 0.3) is 11.1 Å². The number of carboxylic acids is 1. The summed E-state index contributed by atoms with van der Waals surface area (Å²) < 4.78 is 5.19. The van der Waals surface area contributed by atoms with E-state index in [2.05, 4.69) is 18.2 Å². The van der Waals surface area contributed by atoms with Crippen LogP contribution >= 0.6 is 0 Å². The molecule has 0 fully saturated rings. The largest absolute Gasteiger partial charge is 0.481 e. The van der Waals surface area contributed by atoms with Gasteiger partial charge in [0.2, 0.25) is 0 Å². The summed E-state index contributed by atoms with van der Waals surface area (Å²) in [5, 5.41) is 8.66. The molecule has 0 aliphatic heterocycles. The van der Waals surface area contributed by atoms with Crippen LogP contribution in [0.4, 0.5) is 0 Å². The number of fused-ring (bicyclic) bond motifs is 3. The fourth-order valence-electron chi connectivity index (χ4n) is 2.89. The van der Waals surface area contributed by atoms with Gasteiger partial charge in [-0.25, -0.2) is 0 Å². The average Bonchev–Trinajstić information content (AvgIpc) is 2.91. The molecular weight excluding hydrogens is 294 g/mol. The molecule has 23 heavy (non-hydrogen) atoms. The number of carbonyl (C=O) groups is 2. The molecule has 2 aromatic rings. The van der Waals surface area contributed by atoms with E-state index >= 15 is 0 Å². The number of carbonyl (C=O) groups excluding carboxylic acids is 1. The van der Waals surface area contributed by atoms with Crippen LogP contribution in [0.1, 0.15) is 23.1 Å². The van der Waals surface area contributed by atoms with Crippen molar-refractivity contribution in [3.8, 4) is 11.1 Å². The quantitative estimate of drug-likeness (QED) is 0.704. The molecule has 5 heteroatoms. The van der Waals surface area contributed by atoms with Crippen molar-refractivity contribution >= 4 is 11.9 Å². The third-order valence-corrected chi connectivity index (χ3v) is 4.02. The lowest BCUT2D eigenvalue weighted by molar-refractivity contribution is -0.150. The highest BCUT2D eigenvalue weighted by Crippen LogP contribution is 2.38. The van der Waals surface area contributed by atoms with E-state index in [4.69, 9.17) is 15.6 Å². The summed E-state index contributed by atoms with van der Waals surface area (Å²) in [5.41, 5.74) is 11.2. The Morgan fingerprint density at radius 1 is 1.13 bits per heavy atom. The van der Waals surface area contributed by atoms with Gasteiger partial charge >= 0.3 is 11.9 Å². The molecule has 2 aromatic carbocycles. The van der Waals surface area contributed by atoms with Gasteiger partial charge in [-0.2, -0.15) is 0 Å². The number of benzene rings is 2. The van der Waals surface area contributed by atoms with Gasteiger partial charge < -0.3 is 15.6 Å². The standard InChI is InChI=1S/C18H17NO4/c19-16(9-17(20)21)18(22)23-10-12-5-3-7-14-13-6-2-1-4-11(13)8-15(12)14/h1-7,16H,8-10,19H2,(H,20,21)/t16-/m0/s1. The topological polar surface area (TPSA) is 89.6 Å². The van der Waals surface area contributed by atoms with Crippen molar-refractivity contribution in [2.45, 2.75) is 25.5 Å². The Hall–Kier alpha value is -2.66. The molecular formula is C18H17NO4. The van der Waals surface area contributed by atoms with Crippen molar-refractivity contribution in [3.05, 3.63) is 59.2 Å². The van der Waals surface area contributed by atoms with E-state index in [1.165, 1.54) is 11.1 Å². The van der Waals surface area contributed by atoms with Crippen molar-refractivity contribution in [3.63, 3.8) is 0 Å². The highest BCUT2D eigenvalue weighted by Gasteiger charge is 2.22. The normalized spacial score (nSPS) is 13.1. The monoisotopic (exact) mass is 311 g/mol. The van der Waals surface area contributed by atoms with Gasteiger partial charge in [0.15, 0.2) is 0 Å². The highest BCUT2D eigenvalue weighted by atomic mass is 16.5. The maximum Gasteiger partial charge on any atom is 0.323 e. The summed E-state index contributed by atoms with van der Waals surface area (Å²) in [5.74, 6) is -1.81. The van der Waals surface area contributed by atoms with E-state index in [9.17, 15) is 9.59 Å². The summed E-state index contributed by atoms with van der Waals surface area (Å²) in [7, 11) is 0. The molecule has 1 aliphatic rings. The van der Waals surface area contributed by atoms with Crippen molar-refractivity contribution in [1.29, 1.82) is 0 Å². The number of ether oxygens (including phenoxy) is 1. The number of rotatable bonds is 5. The maximum atomic E-state index is 11.8. The highest BCUT2D eigenvalue weighted by molar-refractivity contribution is 5.82. The third kappa shape index (κ3) is 3.10. The zero-order valence-corrected chi connectivity index (χ0v) is 12.5. The molecule has 0 unspecified atom stereocenters. The van der Waals surface area contributed by atoms with Gasteiger partial charge in [0.05, 0.1) is 6.42 Å². The first kappa shape index (κ1) is 15.2. The summed E-state index contributed by atoms with van der Waals surface area (Å²) in [6, 6.07) is 13.0. The van der Waals surface area contributed by atoms with Crippen LogP contribution in [0.5, 0.6) is 0 Å². The Bertz CT molecular complexity index is 769. The maximum absolute atomic E-state index is 11.8. The first-order chi connectivity index (χ1) is 11.1. The van der Waals surface area contributed by atoms with Crippen LogP contribution in [0, 0.1) is 0 Å². The van der Waals surface area contributed by atoms with E-state index < -0.39 is 24.4 Å². The van der Waals surface area contributed by atoms with Crippen molar-refractivity contribution in [1.82, 2.24) is 0 Å². The number of hydrogen-bond acceptors (Lipinski definition) is 4. The van der Waals surface area contributed by atoms with Crippen molar-refractivity contribution in [2.75, 3.05) is 0 Å². The van der Waals surface area contributed by atoms with Crippen molar-refractivity contribution in [2.24, 2.45) is 5.73 Å². The summed E-state index contributed by atoms with van der Waals surface area (Å²) in [4.78, 5) is 22.3. The van der Waals surface area contributed by atoms with E-state index in [1.807, 2.05) is 24.3 Å². The Morgan fingerprint density at radius 2 is 1.87 bits per heavy atom. The molecule has 0 spiro atoms. The van der Waals surface area contributed by atoms with Crippen LogP contribution in [0.3, 0.4) is 0 Å². The summed E-state index contributed by atoms with van der Waals surface area (Å²) >= 11 is 0. The number of esters is 1. The van der Waals surface area contributed by atoms with Gasteiger partial charge in [-0.1, -0.05) is 42.5 Å². The molecule has 3 rings (SSSR count). The molecule has 0 saturated carbocycles. The molecule has 0 amide bonds. The lowest BCUT2D eigenvalue weighted by Crippen LogP contribution is -2.34. The number of hydrogen-bond donors (Lipinski definition) is 2. The summed E-state index contributed by atoms with van der Waals surface area (Å²) in [6.07, 6.45) is 0.373. The van der Waals surface area contributed by atoms with E-state index in [-0.39, 0.29) is 6.61 Å². The second kappa shape index (κ2) is 6.22. The predicted molar refractivity (Wildman–Crippen MR) is 84.7 cm³/mol. The zero-order valence-electron chi connectivity index (χ0n) is 12.5. The minimum atomic E-state index is -1.14. The average molecular weight is 311 g/mol. The minimum Gasteiger partial charge on any atom is -0.481 e. The number of carboxylic acid groups (broad SMARTS) is 1. The first-order valence-electron chi connectivity index (χ1n) is 7.39. The Balaban J connectivity index is 1.74. The van der Waals surface area contributed by atoms with Gasteiger partial charge in [0.1, 0.15) is 12.6 Å². The van der Waals surface area contributed by atoms with Crippen LogP contribution in [0.2, 0.25) is 0 Å². The molecule has 0 radical (unpaired) electrons. The lowest BCUT2D eigenvalue weighted by Gasteiger charge is -2.12. The third-order valence-electron chi connectivity index (χ3n) is 4.02. The number of aliphatic carboxylic acids is 1. The lowest BCUT2D eigenvalue weighted by atomic mass is 10.0. The van der Waals surface area contributed by atoms with Gasteiger partial charge in [0.25, 0.3) is 0 Å². The van der Waals surface area contributed by atoms with Crippen LogP contribution in [-0.4, -0.2) is 23.1 Å². The number of nitrogens with two attached hydrogens (primary N) is 1. The second-order valence-electron chi connectivity index (χ2n) is 5.59. The zero-order chi connectivity index (χ0) is 16.4. The van der Waals surface area contributed by atoms with Crippen LogP contribution in [0.15, 0.2) is 42.5 Å². The smallest absolute Gasteiger partial charge is 0.323 e. The fourth-order valence-corrected chi connectivity index (χ4v) is 2.89. The SMILES string of the molecule is N[C@@H](CC(=O)O)C(=O)OCc1cccc2c1Cc1ccccc1-2. The minimum absolute atomic E-state index is 0.101. The Kier molecular flexibility index (Phi) is 4.12. The predicted octanol–water partition coefficient (Wildman–Crippen LogP) is 2.10. The van der Waals surface area contributed by atoms with Gasteiger partial charge in [0, 0.05) is 0 Å². The Labute approximate surface area is 133 Å². The van der Waals surface area contributed by atoms with Gasteiger partial charge in [-0.05, 0) is 34.2 Å². The molecule has 0 aromatic heterocycles. The molecule has 0 heterocycles. The molecule has 5 nitrogen and oxygen atoms in total. The van der Waals surface area contributed by atoms with Crippen LogP contribution in [-0.2, 0) is 27.4 Å². The summed E-state index contributed by atoms with van der Waals surface area (Å²) in [6.45, 7) is 0.101. The molecule has 1 aliphatic carbocycles.